The van der Waals surface area contributed by atoms with Crippen molar-refractivity contribution >= 4 is 35.5 Å². The van der Waals surface area contributed by atoms with Gasteiger partial charge in [-0.2, -0.15) is 0 Å². The molecule has 0 bridgehead atoms. The number of aliphatic imine (C=N–C) groups is 1. The molecule has 0 aliphatic rings. The third kappa shape index (κ3) is 3.99. The Morgan fingerprint density at radius 3 is 2.70 bits per heavy atom. The Morgan fingerprint density at radius 2 is 2.20 bits per heavy atom. The molecular formula is C14H16Cl2N2O2. The number of hydrogen-bond acceptors (Lipinski definition) is 2. The van der Waals surface area contributed by atoms with Crippen molar-refractivity contribution < 1.29 is 9.90 Å². The monoisotopic (exact) mass is 314 g/mol. The number of carboxylic acid groups (broad SMARTS) is 1. The SMILES string of the molecule is C=CCC(C=NC)(CNC(=O)O)c1ccc(Cl)c(Cl)c1. The lowest BCUT2D eigenvalue weighted by molar-refractivity contribution is 0.193. The molecule has 0 heterocycles. The van der Waals surface area contributed by atoms with E-state index in [0.29, 0.717) is 16.5 Å². The molecule has 0 aliphatic heterocycles. The molecule has 2 N–H and O–H groups in total. The summed E-state index contributed by atoms with van der Waals surface area (Å²) >= 11 is 12.0. The standard InChI is InChI=1S/C14H16Cl2N2O2/c1-3-6-14(8-17-2,9-18-13(19)20)10-4-5-11(15)12(16)7-10/h3-5,7-8,18H,1,6,9H2,2H3,(H,19,20). The van der Waals surface area contributed by atoms with Gasteiger partial charge < -0.3 is 10.4 Å². The average Bonchev–Trinajstić information content (AvgIpc) is 2.39. The predicted octanol–water partition coefficient (Wildman–Crippen LogP) is 3.78. The Bertz CT molecular complexity index is 532. The third-order valence-electron chi connectivity index (χ3n) is 2.93. The molecule has 0 spiro atoms. The highest BCUT2D eigenvalue weighted by Gasteiger charge is 2.30. The molecule has 108 valence electrons. The van der Waals surface area contributed by atoms with Gasteiger partial charge in [0, 0.05) is 19.8 Å². The minimum Gasteiger partial charge on any atom is -0.465 e. The van der Waals surface area contributed by atoms with Crippen LogP contribution in [0.1, 0.15) is 12.0 Å². The van der Waals surface area contributed by atoms with E-state index in [0.717, 1.165) is 5.56 Å². The molecule has 1 amide bonds. The number of allylic oxidation sites excluding steroid dienone is 1. The summed E-state index contributed by atoms with van der Waals surface area (Å²) in [6, 6.07) is 5.21. The third-order valence-corrected chi connectivity index (χ3v) is 3.67. The molecular weight excluding hydrogens is 299 g/mol. The molecule has 20 heavy (non-hydrogen) atoms. The van der Waals surface area contributed by atoms with Gasteiger partial charge in [0.25, 0.3) is 0 Å². The second-order valence-electron chi connectivity index (χ2n) is 4.32. The fraction of sp³-hybridized carbons (Fsp3) is 0.286. The van der Waals surface area contributed by atoms with E-state index in [4.69, 9.17) is 28.3 Å². The van der Waals surface area contributed by atoms with Crippen LogP contribution in [0, 0.1) is 0 Å². The van der Waals surface area contributed by atoms with E-state index in [1.807, 2.05) is 6.07 Å². The molecule has 0 fully saturated rings. The van der Waals surface area contributed by atoms with Gasteiger partial charge in [0.2, 0.25) is 0 Å². The summed E-state index contributed by atoms with van der Waals surface area (Å²) in [5.41, 5.74) is 0.189. The molecule has 0 saturated carbocycles. The van der Waals surface area contributed by atoms with Crippen LogP contribution in [-0.2, 0) is 5.41 Å². The maximum Gasteiger partial charge on any atom is 0.404 e. The van der Waals surface area contributed by atoms with Crippen molar-refractivity contribution in [2.75, 3.05) is 13.6 Å². The lowest BCUT2D eigenvalue weighted by atomic mass is 9.78. The zero-order valence-electron chi connectivity index (χ0n) is 11.1. The molecule has 0 aliphatic carbocycles. The number of nitrogens with zero attached hydrogens (tertiary/aromatic N) is 1. The van der Waals surface area contributed by atoms with Crippen LogP contribution in [0.2, 0.25) is 10.0 Å². The maximum atomic E-state index is 10.8. The summed E-state index contributed by atoms with van der Waals surface area (Å²) < 4.78 is 0. The van der Waals surface area contributed by atoms with Crippen molar-refractivity contribution in [3.05, 3.63) is 46.5 Å². The molecule has 0 saturated heterocycles. The highest BCUT2D eigenvalue weighted by atomic mass is 35.5. The highest BCUT2D eigenvalue weighted by Crippen LogP contribution is 2.31. The van der Waals surface area contributed by atoms with Crippen molar-refractivity contribution in [3.63, 3.8) is 0 Å². The molecule has 0 aromatic heterocycles. The number of benzene rings is 1. The van der Waals surface area contributed by atoms with Gasteiger partial charge in [0.05, 0.1) is 15.5 Å². The van der Waals surface area contributed by atoms with Crippen LogP contribution in [0.15, 0.2) is 35.8 Å². The highest BCUT2D eigenvalue weighted by molar-refractivity contribution is 6.42. The Hall–Kier alpha value is -1.52. The van der Waals surface area contributed by atoms with Crippen LogP contribution in [-0.4, -0.2) is 31.0 Å². The van der Waals surface area contributed by atoms with Gasteiger partial charge >= 0.3 is 6.09 Å². The van der Waals surface area contributed by atoms with E-state index in [9.17, 15) is 4.79 Å². The first-order valence-electron chi connectivity index (χ1n) is 5.91. The summed E-state index contributed by atoms with van der Waals surface area (Å²) in [6.45, 7) is 3.89. The van der Waals surface area contributed by atoms with Crippen LogP contribution >= 0.6 is 23.2 Å². The van der Waals surface area contributed by atoms with Gasteiger partial charge in [-0.3, -0.25) is 4.99 Å². The molecule has 1 unspecified atom stereocenters. The van der Waals surface area contributed by atoms with Crippen molar-refractivity contribution in [1.82, 2.24) is 5.32 Å². The second kappa shape index (κ2) is 7.31. The predicted molar refractivity (Wildman–Crippen MR) is 83.4 cm³/mol. The van der Waals surface area contributed by atoms with E-state index in [-0.39, 0.29) is 6.54 Å². The molecule has 0 radical (unpaired) electrons. The van der Waals surface area contributed by atoms with Gasteiger partial charge in [0.1, 0.15) is 0 Å². The summed E-state index contributed by atoms with van der Waals surface area (Å²) in [5, 5.41) is 12.1. The number of rotatable bonds is 6. The lowest BCUT2D eigenvalue weighted by Gasteiger charge is -2.29. The van der Waals surface area contributed by atoms with Crippen LogP contribution in [0.25, 0.3) is 0 Å². The van der Waals surface area contributed by atoms with Gasteiger partial charge in [-0.15, -0.1) is 6.58 Å². The summed E-state index contributed by atoms with van der Waals surface area (Å²) in [5.74, 6) is 0. The molecule has 4 nitrogen and oxygen atoms in total. The number of amides is 1. The van der Waals surface area contributed by atoms with E-state index in [2.05, 4.69) is 16.9 Å². The normalized spacial score (nSPS) is 13.9. The Labute approximate surface area is 128 Å². The molecule has 1 aromatic rings. The number of halogens is 2. The lowest BCUT2D eigenvalue weighted by Crippen LogP contribution is -2.41. The topological polar surface area (TPSA) is 61.7 Å². The Kier molecular flexibility index (Phi) is 6.05. The maximum absolute atomic E-state index is 10.8. The number of carbonyl (C=O) groups is 1. The smallest absolute Gasteiger partial charge is 0.404 e. The van der Waals surface area contributed by atoms with E-state index in [1.165, 1.54) is 0 Å². The van der Waals surface area contributed by atoms with Gasteiger partial charge in [0.15, 0.2) is 0 Å². The summed E-state index contributed by atoms with van der Waals surface area (Å²) in [4.78, 5) is 14.8. The van der Waals surface area contributed by atoms with Crippen LogP contribution in [0.5, 0.6) is 0 Å². The van der Waals surface area contributed by atoms with Crippen LogP contribution in [0.4, 0.5) is 4.79 Å². The molecule has 6 heteroatoms. The first-order chi connectivity index (χ1) is 9.45. The zero-order chi connectivity index (χ0) is 15.2. The number of hydrogen-bond donors (Lipinski definition) is 2. The largest absolute Gasteiger partial charge is 0.465 e. The van der Waals surface area contributed by atoms with Crippen LogP contribution in [0.3, 0.4) is 0 Å². The number of nitrogens with one attached hydrogen (secondary N) is 1. The Balaban J connectivity index is 3.27. The van der Waals surface area contributed by atoms with Crippen molar-refractivity contribution in [2.24, 2.45) is 4.99 Å². The van der Waals surface area contributed by atoms with E-state index in [1.54, 1.807) is 31.5 Å². The molecule has 1 atom stereocenters. The first-order valence-corrected chi connectivity index (χ1v) is 6.67. The van der Waals surface area contributed by atoms with Gasteiger partial charge in [-0.1, -0.05) is 35.3 Å². The van der Waals surface area contributed by atoms with Crippen LogP contribution < -0.4 is 5.32 Å². The summed E-state index contributed by atoms with van der Waals surface area (Å²) in [7, 11) is 1.64. The fourth-order valence-corrected chi connectivity index (χ4v) is 2.31. The zero-order valence-corrected chi connectivity index (χ0v) is 12.6. The van der Waals surface area contributed by atoms with Gasteiger partial charge in [-0.05, 0) is 24.1 Å². The Morgan fingerprint density at radius 1 is 1.50 bits per heavy atom. The fourth-order valence-electron chi connectivity index (χ4n) is 2.01. The van der Waals surface area contributed by atoms with Crippen molar-refractivity contribution in [2.45, 2.75) is 11.8 Å². The molecule has 1 aromatic carbocycles. The van der Waals surface area contributed by atoms with E-state index >= 15 is 0 Å². The first kappa shape index (κ1) is 16.5. The minimum absolute atomic E-state index is 0.170. The van der Waals surface area contributed by atoms with Crippen molar-refractivity contribution in [3.8, 4) is 0 Å². The van der Waals surface area contributed by atoms with Crippen molar-refractivity contribution in [1.29, 1.82) is 0 Å². The minimum atomic E-state index is -1.09. The molecule has 1 rings (SSSR count). The average molecular weight is 315 g/mol. The quantitative estimate of drug-likeness (QED) is 0.620. The summed E-state index contributed by atoms with van der Waals surface area (Å²) in [6.07, 6.45) is 2.84. The second-order valence-corrected chi connectivity index (χ2v) is 5.14. The van der Waals surface area contributed by atoms with E-state index < -0.39 is 11.5 Å². The van der Waals surface area contributed by atoms with Gasteiger partial charge in [-0.25, -0.2) is 4.79 Å².